The third-order valence-corrected chi connectivity index (χ3v) is 2.99. The van der Waals surface area contributed by atoms with Crippen LogP contribution in [0.4, 0.5) is 5.69 Å². The van der Waals surface area contributed by atoms with E-state index in [9.17, 15) is 10.2 Å². The van der Waals surface area contributed by atoms with Gasteiger partial charge in [-0.25, -0.2) is 0 Å². The largest absolute Gasteiger partial charge is 0.396 e. The molecule has 0 aliphatic rings. The van der Waals surface area contributed by atoms with Crippen LogP contribution in [0.15, 0.2) is 12.1 Å². The lowest BCUT2D eigenvalue weighted by molar-refractivity contribution is 0.0338. The highest BCUT2D eigenvalue weighted by atomic mass is 35.5. The van der Waals surface area contributed by atoms with Crippen LogP contribution in [0, 0.1) is 0 Å². The Kier molecular flexibility index (Phi) is 4.55. The standard InChI is InChI=1S/C9H11Cl2NO2S/c10-5-1-4(2-6(11)8(5)12)9(14)7(13)3-15/h1-2,7,9,13-15H,3,12H2. The third-order valence-electron chi connectivity index (χ3n) is 1.99. The Labute approximate surface area is 103 Å². The lowest BCUT2D eigenvalue weighted by Crippen LogP contribution is -2.19. The van der Waals surface area contributed by atoms with Crippen LogP contribution in [0.5, 0.6) is 0 Å². The molecule has 0 saturated heterocycles. The quantitative estimate of drug-likeness (QED) is 0.500. The fraction of sp³-hybridized carbons (Fsp3) is 0.333. The molecule has 6 heteroatoms. The van der Waals surface area contributed by atoms with Gasteiger partial charge in [0.25, 0.3) is 0 Å². The molecule has 2 unspecified atom stereocenters. The van der Waals surface area contributed by atoms with Crippen LogP contribution in [-0.2, 0) is 0 Å². The number of hydrogen-bond acceptors (Lipinski definition) is 4. The molecule has 0 amide bonds. The van der Waals surface area contributed by atoms with Crippen molar-refractivity contribution in [1.82, 2.24) is 0 Å². The fourth-order valence-corrected chi connectivity index (χ4v) is 1.80. The number of aliphatic hydroxyl groups excluding tert-OH is 2. The van der Waals surface area contributed by atoms with Crippen molar-refractivity contribution in [3.8, 4) is 0 Å². The van der Waals surface area contributed by atoms with Gasteiger partial charge in [0.2, 0.25) is 0 Å². The molecule has 0 radical (unpaired) electrons. The van der Waals surface area contributed by atoms with Crippen LogP contribution >= 0.6 is 35.8 Å². The molecule has 1 aromatic carbocycles. The van der Waals surface area contributed by atoms with Gasteiger partial charge in [0.1, 0.15) is 6.10 Å². The first-order chi connectivity index (χ1) is 6.97. The smallest absolute Gasteiger partial charge is 0.106 e. The maximum atomic E-state index is 9.67. The van der Waals surface area contributed by atoms with E-state index in [-0.39, 0.29) is 21.5 Å². The van der Waals surface area contributed by atoms with Gasteiger partial charge in [0.15, 0.2) is 0 Å². The van der Waals surface area contributed by atoms with Crippen molar-refractivity contribution in [2.75, 3.05) is 11.5 Å². The highest BCUT2D eigenvalue weighted by Gasteiger charge is 2.18. The number of benzene rings is 1. The molecule has 1 rings (SSSR count). The van der Waals surface area contributed by atoms with E-state index >= 15 is 0 Å². The highest BCUT2D eigenvalue weighted by Crippen LogP contribution is 2.32. The summed E-state index contributed by atoms with van der Waals surface area (Å²) in [5, 5.41) is 19.6. The lowest BCUT2D eigenvalue weighted by atomic mass is 10.1. The SMILES string of the molecule is Nc1c(Cl)cc(C(O)C(O)CS)cc1Cl. The molecule has 0 aliphatic carbocycles. The number of aliphatic hydroxyl groups is 2. The van der Waals surface area contributed by atoms with Gasteiger partial charge in [-0.05, 0) is 17.7 Å². The van der Waals surface area contributed by atoms with Gasteiger partial charge < -0.3 is 15.9 Å². The summed E-state index contributed by atoms with van der Waals surface area (Å²) in [4.78, 5) is 0. The van der Waals surface area contributed by atoms with Crippen molar-refractivity contribution < 1.29 is 10.2 Å². The van der Waals surface area contributed by atoms with Crippen molar-refractivity contribution >= 4 is 41.5 Å². The van der Waals surface area contributed by atoms with Crippen molar-refractivity contribution in [3.63, 3.8) is 0 Å². The molecule has 0 aliphatic heterocycles. The second-order valence-electron chi connectivity index (χ2n) is 3.09. The minimum Gasteiger partial charge on any atom is -0.396 e. The molecule has 4 N–H and O–H groups in total. The number of nitrogens with two attached hydrogens (primary N) is 1. The van der Waals surface area contributed by atoms with Gasteiger partial charge >= 0.3 is 0 Å². The fourth-order valence-electron chi connectivity index (χ4n) is 1.10. The Morgan fingerprint density at radius 1 is 1.27 bits per heavy atom. The average Bonchev–Trinajstić information content (AvgIpc) is 2.23. The molecule has 0 saturated carbocycles. The van der Waals surface area contributed by atoms with Crippen LogP contribution in [0.3, 0.4) is 0 Å². The Balaban J connectivity index is 3.06. The van der Waals surface area contributed by atoms with E-state index < -0.39 is 12.2 Å². The van der Waals surface area contributed by atoms with E-state index in [1.54, 1.807) is 0 Å². The van der Waals surface area contributed by atoms with Gasteiger partial charge in [-0.2, -0.15) is 12.6 Å². The van der Waals surface area contributed by atoms with Crippen molar-refractivity contribution in [3.05, 3.63) is 27.7 Å². The summed E-state index contributed by atoms with van der Waals surface area (Å²) in [6, 6.07) is 2.94. The van der Waals surface area contributed by atoms with Crippen molar-refractivity contribution in [2.24, 2.45) is 0 Å². The number of hydrogen-bond donors (Lipinski definition) is 4. The molecule has 15 heavy (non-hydrogen) atoms. The lowest BCUT2D eigenvalue weighted by Gasteiger charge is -2.17. The number of thiol groups is 1. The molecular weight excluding hydrogens is 257 g/mol. The van der Waals surface area contributed by atoms with E-state index in [4.69, 9.17) is 28.9 Å². The first-order valence-electron chi connectivity index (χ1n) is 4.18. The Bertz CT molecular complexity index is 339. The molecule has 3 nitrogen and oxygen atoms in total. The molecule has 2 atom stereocenters. The minimum atomic E-state index is -1.07. The summed E-state index contributed by atoms with van der Waals surface area (Å²) < 4.78 is 0. The minimum absolute atomic E-state index is 0.140. The van der Waals surface area contributed by atoms with Crippen LogP contribution < -0.4 is 5.73 Å². The van der Waals surface area contributed by atoms with Gasteiger partial charge in [-0.15, -0.1) is 0 Å². The van der Waals surface area contributed by atoms with Crippen molar-refractivity contribution in [1.29, 1.82) is 0 Å². The van der Waals surface area contributed by atoms with E-state index in [1.807, 2.05) is 0 Å². The molecule has 0 aromatic heterocycles. The normalized spacial score (nSPS) is 15.0. The average molecular weight is 268 g/mol. The van der Waals surface area contributed by atoms with Gasteiger partial charge in [-0.1, -0.05) is 23.2 Å². The van der Waals surface area contributed by atoms with E-state index in [0.717, 1.165) is 0 Å². The topological polar surface area (TPSA) is 66.5 Å². The molecular formula is C9H11Cl2NO2S. The third kappa shape index (κ3) is 2.92. The molecule has 84 valence electrons. The van der Waals surface area contributed by atoms with E-state index in [1.165, 1.54) is 12.1 Å². The Morgan fingerprint density at radius 3 is 2.13 bits per heavy atom. The first kappa shape index (κ1) is 12.9. The van der Waals surface area contributed by atoms with Crippen molar-refractivity contribution in [2.45, 2.75) is 12.2 Å². The van der Waals surface area contributed by atoms with Crippen LogP contribution in [0.25, 0.3) is 0 Å². The van der Waals surface area contributed by atoms with Gasteiger partial charge in [-0.3, -0.25) is 0 Å². The number of nitrogen functional groups attached to an aromatic ring is 1. The number of rotatable bonds is 3. The maximum Gasteiger partial charge on any atom is 0.106 e. The predicted octanol–water partition coefficient (Wildman–Crippen LogP) is 1.90. The monoisotopic (exact) mass is 267 g/mol. The summed E-state index contributed by atoms with van der Waals surface area (Å²) in [5.74, 6) is 0.140. The number of halogens is 2. The summed E-state index contributed by atoms with van der Waals surface area (Å²) in [6.45, 7) is 0. The van der Waals surface area contributed by atoms with Gasteiger partial charge in [0.05, 0.1) is 21.8 Å². The van der Waals surface area contributed by atoms with Crippen LogP contribution in [0.2, 0.25) is 10.0 Å². The van der Waals surface area contributed by atoms with Crippen LogP contribution in [0.1, 0.15) is 11.7 Å². The second kappa shape index (κ2) is 5.27. The summed E-state index contributed by atoms with van der Waals surface area (Å²) in [5.41, 5.74) is 6.21. The van der Waals surface area contributed by atoms with Crippen LogP contribution in [-0.4, -0.2) is 22.1 Å². The molecule has 1 aromatic rings. The molecule has 0 spiro atoms. The Morgan fingerprint density at radius 2 is 1.73 bits per heavy atom. The highest BCUT2D eigenvalue weighted by molar-refractivity contribution is 7.80. The molecule has 0 fully saturated rings. The Hall–Kier alpha value is -0.130. The summed E-state index contributed by atoms with van der Waals surface area (Å²) in [7, 11) is 0. The zero-order valence-electron chi connectivity index (χ0n) is 7.69. The second-order valence-corrected chi connectivity index (χ2v) is 4.27. The summed E-state index contributed by atoms with van der Waals surface area (Å²) >= 11 is 15.5. The molecule has 0 bridgehead atoms. The maximum absolute atomic E-state index is 9.67. The summed E-state index contributed by atoms with van der Waals surface area (Å²) in [6.07, 6.45) is -2.04. The van der Waals surface area contributed by atoms with E-state index in [2.05, 4.69) is 12.6 Å². The molecule has 0 heterocycles. The van der Waals surface area contributed by atoms with Gasteiger partial charge in [0, 0.05) is 5.75 Å². The zero-order valence-corrected chi connectivity index (χ0v) is 10.1. The zero-order chi connectivity index (χ0) is 11.6. The number of anilines is 1. The predicted molar refractivity (Wildman–Crippen MR) is 65.7 cm³/mol. The first-order valence-corrected chi connectivity index (χ1v) is 5.57. The van der Waals surface area contributed by atoms with E-state index in [0.29, 0.717) is 5.56 Å².